The van der Waals surface area contributed by atoms with Gasteiger partial charge in [0.25, 0.3) is 0 Å². The maximum atomic E-state index is 13.5. The number of carbonyl (C=O) groups is 1. The number of allylic oxidation sites excluding steroid dienone is 1. The number of hydrogen-bond donors (Lipinski definition) is 6. The van der Waals surface area contributed by atoms with Gasteiger partial charge in [-0.1, -0.05) is 51.1 Å². The molecule has 1 aromatic heterocycles. The van der Waals surface area contributed by atoms with Crippen LogP contribution >= 0.6 is 0 Å². The molecule has 0 unspecified atom stereocenters. The van der Waals surface area contributed by atoms with Crippen LogP contribution in [0.4, 0.5) is 10.5 Å². The largest absolute Gasteiger partial charge is 0.491 e. The van der Waals surface area contributed by atoms with E-state index in [1.165, 1.54) is 0 Å². The van der Waals surface area contributed by atoms with E-state index in [2.05, 4.69) is 27.4 Å². The normalized spacial score (nSPS) is 19.7. The topological polar surface area (TPSA) is 174 Å². The number of nitrogens with one attached hydrogen (secondary N) is 4. The van der Waals surface area contributed by atoms with Crippen molar-refractivity contribution in [1.29, 1.82) is 10.8 Å². The van der Waals surface area contributed by atoms with Gasteiger partial charge < -0.3 is 30.5 Å². The fourth-order valence-corrected chi connectivity index (χ4v) is 6.18. The summed E-state index contributed by atoms with van der Waals surface area (Å²) in [5.74, 6) is 1.69. The Morgan fingerprint density at radius 2 is 1.84 bits per heavy atom. The lowest BCUT2D eigenvalue weighted by molar-refractivity contribution is 0.170. The number of aliphatic hydroxyl groups excluding tert-OH is 1. The van der Waals surface area contributed by atoms with Crippen LogP contribution in [0.3, 0.4) is 0 Å². The molecule has 0 bridgehead atoms. The molecular weight excluding hydrogens is 632 g/mol. The van der Waals surface area contributed by atoms with Gasteiger partial charge in [-0.25, -0.2) is 9.79 Å². The van der Waals surface area contributed by atoms with E-state index in [4.69, 9.17) is 31.1 Å². The third kappa shape index (κ3) is 9.12. The first-order valence-electron chi connectivity index (χ1n) is 17.3. The Morgan fingerprint density at radius 1 is 1.06 bits per heavy atom. The number of carbonyl (C=O) groups excluding carboxylic acids is 1. The molecule has 0 spiro atoms. The van der Waals surface area contributed by atoms with Crippen molar-refractivity contribution in [3.8, 4) is 11.5 Å². The summed E-state index contributed by atoms with van der Waals surface area (Å²) in [6, 6.07) is 18.0. The lowest BCUT2D eigenvalue weighted by Crippen LogP contribution is -2.47. The van der Waals surface area contributed by atoms with E-state index in [0.29, 0.717) is 35.7 Å². The van der Waals surface area contributed by atoms with E-state index >= 15 is 0 Å². The molecule has 2 heterocycles. The van der Waals surface area contributed by atoms with E-state index in [9.17, 15) is 4.79 Å². The van der Waals surface area contributed by atoms with E-state index in [-0.39, 0.29) is 54.1 Å². The molecular formula is C38H50N8O4. The number of amidine groups is 1. The second-order valence-electron chi connectivity index (χ2n) is 13.9. The minimum atomic E-state index is -0.425. The lowest BCUT2D eigenvalue weighted by atomic mass is 9.85. The predicted molar refractivity (Wildman–Crippen MR) is 195 cm³/mol. The van der Waals surface area contributed by atoms with Crippen molar-refractivity contribution in [2.45, 2.75) is 78.0 Å². The molecule has 7 N–H and O–H groups in total. The molecule has 1 fully saturated rings. The predicted octanol–water partition coefficient (Wildman–Crippen LogP) is 5.87. The minimum absolute atomic E-state index is 0.106. The number of aromatic nitrogens is 1. The van der Waals surface area contributed by atoms with E-state index in [0.717, 1.165) is 36.9 Å². The van der Waals surface area contributed by atoms with Crippen LogP contribution in [0, 0.1) is 16.2 Å². The summed E-state index contributed by atoms with van der Waals surface area (Å²) in [6.45, 7) is 8.93. The molecule has 266 valence electrons. The van der Waals surface area contributed by atoms with Gasteiger partial charge in [-0.15, -0.1) is 0 Å². The van der Waals surface area contributed by atoms with Crippen LogP contribution < -0.4 is 31.3 Å². The monoisotopic (exact) mass is 682 g/mol. The molecule has 5 rings (SSSR count). The number of urea groups is 1. The van der Waals surface area contributed by atoms with Crippen molar-refractivity contribution in [3.63, 3.8) is 0 Å². The zero-order valence-electron chi connectivity index (χ0n) is 29.4. The highest BCUT2D eigenvalue weighted by molar-refractivity contribution is 6.05. The van der Waals surface area contributed by atoms with Gasteiger partial charge in [-0.3, -0.25) is 20.7 Å². The van der Waals surface area contributed by atoms with Crippen LogP contribution in [0.25, 0.3) is 0 Å². The molecule has 0 radical (unpaired) electrons. The Morgan fingerprint density at radius 3 is 2.58 bits per heavy atom. The van der Waals surface area contributed by atoms with E-state index < -0.39 is 6.03 Å². The third-order valence-corrected chi connectivity index (χ3v) is 9.07. The minimum Gasteiger partial charge on any atom is -0.491 e. The van der Waals surface area contributed by atoms with Crippen molar-refractivity contribution in [1.82, 2.24) is 20.1 Å². The Labute approximate surface area is 294 Å². The number of fused-ring (bicyclic) bond motifs is 1. The molecule has 1 aliphatic carbocycles. The fourth-order valence-electron chi connectivity index (χ4n) is 6.18. The molecule has 2 aliphatic rings. The molecule has 12 heteroatoms. The van der Waals surface area contributed by atoms with Gasteiger partial charge in [0, 0.05) is 35.8 Å². The average molecular weight is 683 g/mol. The van der Waals surface area contributed by atoms with Crippen molar-refractivity contribution in [2.24, 2.45) is 16.1 Å². The third-order valence-electron chi connectivity index (χ3n) is 9.07. The van der Waals surface area contributed by atoms with Gasteiger partial charge >= 0.3 is 6.03 Å². The number of hydrogen-bond acceptors (Lipinski definition) is 8. The first kappa shape index (κ1) is 36.2. The molecule has 0 saturated carbocycles. The van der Waals surface area contributed by atoms with E-state index in [1.807, 2.05) is 45.0 Å². The van der Waals surface area contributed by atoms with Gasteiger partial charge in [0.05, 0.1) is 24.5 Å². The van der Waals surface area contributed by atoms with Crippen LogP contribution in [0.5, 0.6) is 11.5 Å². The van der Waals surface area contributed by atoms with Gasteiger partial charge in [-0.05, 0) is 74.4 Å². The number of pyridine rings is 1. The Balaban J connectivity index is 1.32. The molecule has 2 amide bonds. The summed E-state index contributed by atoms with van der Waals surface area (Å²) in [5.41, 5.74) is 9.29. The van der Waals surface area contributed by atoms with Crippen molar-refractivity contribution >= 4 is 23.5 Å². The highest BCUT2D eigenvalue weighted by Crippen LogP contribution is 2.38. The number of ether oxygens (including phenoxy) is 2. The molecule has 1 saturated heterocycles. The van der Waals surface area contributed by atoms with Gasteiger partial charge in [0.15, 0.2) is 0 Å². The number of aliphatic imine (C=N–C) groups is 1. The number of nitrogens with zero attached hydrogens (tertiary/aromatic N) is 3. The number of piperidine rings is 1. The highest BCUT2D eigenvalue weighted by atomic mass is 16.5. The number of nitrogens with two attached hydrogens (primary N) is 1. The molecule has 50 heavy (non-hydrogen) atoms. The van der Waals surface area contributed by atoms with Crippen LogP contribution in [-0.4, -0.2) is 58.2 Å². The van der Waals surface area contributed by atoms with Gasteiger partial charge in [0.2, 0.25) is 5.96 Å². The summed E-state index contributed by atoms with van der Waals surface area (Å²) >= 11 is 0. The lowest BCUT2D eigenvalue weighted by Gasteiger charge is -2.36. The average Bonchev–Trinajstić information content (AvgIpc) is 3.09. The number of aliphatic hydroxyl groups is 1. The maximum absolute atomic E-state index is 13.5. The zero-order chi connectivity index (χ0) is 35.8. The van der Waals surface area contributed by atoms with Gasteiger partial charge in [-0.2, -0.15) is 0 Å². The SMILES string of the molecule is C[C@@H]1CCCCN1C(=N)n1cc(O[C@@H]2CC[C@H](NC(=O)NC(C=C(N)C(C)(C)C)=Nc3cccc(OCCO)c3)c3ccccc32)ccc1=N. The first-order valence-corrected chi connectivity index (χ1v) is 17.3. The van der Waals surface area contributed by atoms with Crippen LogP contribution in [0.2, 0.25) is 0 Å². The summed E-state index contributed by atoms with van der Waals surface area (Å²) in [5, 5.41) is 32.5. The summed E-state index contributed by atoms with van der Waals surface area (Å²) in [4.78, 5) is 20.2. The quantitative estimate of drug-likeness (QED) is 0.128. The summed E-state index contributed by atoms with van der Waals surface area (Å²) < 4.78 is 13.6. The molecule has 1 aliphatic heterocycles. The van der Waals surface area contributed by atoms with Gasteiger partial charge in [0.1, 0.15) is 35.5 Å². The summed E-state index contributed by atoms with van der Waals surface area (Å²) in [7, 11) is 0. The number of rotatable bonds is 8. The second-order valence-corrected chi connectivity index (χ2v) is 13.9. The van der Waals surface area contributed by atoms with Crippen LogP contribution in [0.15, 0.2) is 83.6 Å². The van der Waals surface area contributed by atoms with Crippen molar-refractivity contribution in [2.75, 3.05) is 19.8 Å². The molecule has 3 atom stereocenters. The molecule has 12 nitrogen and oxygen atoms in total. The second kappa shape index (κ2) is 16.1. The zero-order valence-corrected chi connectivity index (χ0v) is 29.4. The Hall–Kier alpha value is -5.10. The Bertz CT molecular complexity index is 1790. The standard InChI is InChI=1S/C38H50N8O4/c1-25-10-7-8-19-45(25)36(41)46-24-28(15-18-34(46)40)50-32-17-16-31(29-13-5-6-14-30(29)32)43-37(48)44-35(23-33(39)38(2,3)4)42-26-11-9-12-27(22-26)49-21-20-47/h5-6,9,11-15,18,22-25,31-32,40-41,47H,7-8,10,16-17,19-21,39H2,1-4H3,(H2,42,43,44,48)/t25-,31+,32-/m1/s1. The van der Waals surface area contributed by atoms with Crippen LogP contribution in [0.1, 0.15) is 83.1 Å². The molecule has 3 aromatic rings. The van der Waals surface area contributed by atoms with Crippen LogP contribution in [-0.2, 0) is 0 Å². The number of amides is 2. The Kier molecular flexibility index (Phi) is 11.6. The number of likely N-dealkylation sites (tertiary alicyclic amines) is 1. The first-order chi connectivity index (χ1) is 23.9. The van der Waals surface area contributed by atoms with Crippen molar-refractivity contribution in [3.05, 3.63) is 95.2 Å². The maximum Gasteiger partial charge on any atom is 0.320 e. The fraction of sp³-hybridized carbons (Fsp3) is 0.421. The summed E-state index contributed by atoms with van der Waals surface area (Å²) in [6.07, 6.45) is 7.62. The number of benzene rings is 2. The highest BCUT2D eigenvalue weighted by Gasteiger charge is 2.30. The van der Waals surface area contributed by atoms with Crippen molar-refractivity contribution < 1.29 is 19.4 Å². The van der Waals surface area contributed by atoms with E-state index in [1.54, 1.807) is 53.2 Å². The molecule has 2 aromatic carbocycles. The smallest absolute Gasteiger partial charge is 0.320 e.